The number of carbonyl (C=O) groups is 3. The van der Waals surface area contributed by atoms with Gasteiger partial charge in [0, 0.05) is 12.5 Å². The van der Waals surface area contributed by atoms with Gasteiger partial charge in [-0.3, -0.25) is 14.9 Å². The van der Waals surface area contributed by atoms with Crippen molar-refractivity contribution in [3.63, 3.8) is 0 Å². The smallest absolute Gasteiger partial charge is 0.321 e. The molecule has 0 bridgehead atoms. The molecule has 0 heterocycles. The first-order valence-electron chi connectivity index (χ1n) is 6.83. The molecule has 6 nitrogen and oxygen atoms in total. The van der Waals surface area contributed by atoms with Gasteiger partial charge in [0.05, 0.1) is 0 Å². The molecular weight excluding hydrogens is 248 g/mol. The van der Waals surface area contributed by atoms with Crippen molar-refractivity contribution in [1.29, 1.82) is 0 Å². The third kappa shape index (κ3) is 5.72. The highest BCUT2D eigenvalue weighted by Crippen LogP contribution is 2.17. The van der Waals surface area contributed by atoms with E-state index in [1.54, 1.807) is 6.92 Å². The van der Waals surface area contributed by atoms with E-state index >= 15 is 0 Å². The Morgan fingerprint density at radius 2 is 1.84 bits per heavy atom. The highest BCUT2D eigenvalue weighted by Gasteiger charge is 2.21. The second-order valence-corrected chi connectivity index (χ2v) is 4.78. The summed E-state index contributed by atoms with van der Waals surface area (Å²) in [4.78, 5) is 34.2. The van der Waals surface area contributed by atoms with E-state index in [4.69, 9.17) is 4.74 Å². The average molecular weight is 270 g/mol. The summed E-state index contributed by atoms with van der Waals surface area (Å²) in [6.45, 7) is 3.08. The number of urea groups is 1. The minimum Gasteiger partial charge on any atom is -0.453 e. The van der Waals surface area contributed by atoms with Crippen molar-refractivity contribution < 1.29 is 19.1 Å². The summed E-state index contributed by atoms with van der Waals surface area (Å²) in [5.41, 5.74) is 0. The fraction of sp³-hybridized carbons (Fsp3) is 0.769. The normalized spacial score (nSPS) is 17.4. The second-order valence-electron chi connectivity index (χ2n) is 4.78. The third-order valence-electron chi connectivity index (χ3n) is 3.14. The van der Waals surface area contributed by atoms with Crippen molar-refractivity contribution in [2.24, 2.45) is 0 Å². The Morgan fingerprint density at radius 3 is 2.42 bits per heavy atom. The van der Waals surface area contributed by atoms with Gasteiger partial charge in [-0.15, -0.1) is 0 Å². The van der Waals surface area contributed by atoms with Crippen LogP contribution in [0.4, 0.5) is 4.79 Å². The maximum absolute atomic E-state index is 11.6. The lowest BCUT2D eigenvalue weighted by atomic mass is 9.96. The van der Waals surface area contributed by atoms with Crippen LogP contribution in [-0.4, -0.2) is 30.1 Å². The quantitative estimate of drug-likeness (QED) is 0.758. The van der Waals surface area contributed by atoms with Crippen LogP contribution >= 0.6 is 0 Å². The molecule has 0 aliphatic heterocycles. The van der Waals surface area contributed by atoms with E-state index in [2.05, 4.69) is 10.6 Å². The van der Waals surface area contributed by atoms with E-state index in [-0.39, 0.29) is 12.5 Å². The van der Waals surface area contributed by atoms with E-state index in [0.717, 1.165) is 25.7 Å². The van der Waals surface area contributed by atoms with Crippen molar-refractivity contribution in [1.82, 2.24) is 10.6 Å². The second kappa shape index (κ2) is 7.76. The zero-order valence-corrected chi connectivity index (χ0v) is 11.5. The van der Waals surface area contributed by atoms with Crippen molar-refractivity contribution >= 4 is 17.9 Å². The van der Waals surface area contributed by atoms with Gasteiger partial charge in [0.1, 0.15) is 0 Å². The number of imide groups is 1. The fourth-order valence-electron chi connectivity index (χ4n) is 2.02. The Bertz CT molecular complexity index is 338. The topological polar surface area (TPSA) is 84.5 Å². The number of nitrogens with one attached hydrogen (secondary N) is 2. The zero-order valence-electron chi connectivity index (χ0n) is 11.5. The number of esters is 1. The molecule has 1 aliphatic carbocycles. The molecule has 1 atom stereocenters. The highest BCUT2D eigenvalue weighted by molar-refractivity contribution is 5.97. The van der Waals surface area contributed by atoms with E-state index in [1.807, 2.05) is 0 Å². The van der Waals surface area contributed by atoms with Gasteiger partial charge in [-0.2, -0.15) is 0 Å². The molecule has 0 saturated heterocycles. The van der Waals surface area contributed by atoms with Crippen LogP contribution in [0.1, 0.15) is 52.4 Å². The molecule has 3 amide bonds. The Kier molecular flexibility index (Phi) is 6.32. The molecule has 1 saturated carbocycles. The van der Waals surface area contributed by atoms with Crippen LogP contribution in [0.25, 0.3) is 0 Å². The maximum Gasteiger partial charge on any atom is 0.321 e. The summed E-state index contributed by atoms with van der Waals surface area (Å²) >= 11 is 0. The molecule has 0 aromatic carbocycles. The number of ether oxygens (including phenoxy) is 1. The van der Waals surface area contributed by atoms with Crippen molar-refractivity contribution in [2.75, 3.05) is 0 Å². The Balaban J connectivity index is 2.30. The van der Waals surface area contributed by atoms with Gasteiger partial charge in [0.2, 0.25) is 0 Å². The van der Waals surface area contributed by atoms with Gasteiger partial charge < -0.3 is 10.1 Å². The Hall–Kier alpha value is -1.59. The van der Waals surface area contributed by atoms with Gasteiger partial charge in [-0.05, 0) is 19.8 Å². The molecule has 0 aromatic rings. The van der Waals surface area contributed by atoms with Crippen LogP contribution in [0.3, 0.4) is 0 Å². The predicted octanol–water partition coefficient (Wildman–Crippen LogP) is 1.49. The first kappa shape index (κ1) is 15.5. The predicted molar refractivity (Wildman–Crippen MR) is 69.4 cm³/mol. The van der Waals surface area contributed by atoms with Crippen molar-refractivity contribution in [3.05, 3.63) is 0 Å². The average Bonchev–Trinajstić information content (AvgIpc) is 2.39. The van der Waals surface area contributed by atoms with Gasteiger partial charge in [-0.25, -0.2) is 4.79 Å². The summed E-state index contributed by atoms with van der Waals surface area (Å²) < 4.78 is 4.82. The zero-order chi connectivity index (χ0) is 14.3. The van der Waals surface area contributed by atoms with E-state index in [1.165, 1.54) is 13.3 Å². The Morgan fingerprint density at radius 1 is 1.21 bits per heavy atom. The molecule has 19 heavy (non-hydrogen) atoms. The van der Waals surface area contributed by atoms with Gasteiger partial charge in [0.25, 0.3) is 5.91 Å². The third-order valence-corrected chi connectivity index (χ3v) is 3.14. The summed E-state index contributed by atoms with van der Waals surface area (Å²) in [5, 5.41) is 4.95. The van der Waals surface area contributed by atoms with Crippen LogP contribution in [0.15, 0.2) is 0 Å². The van der Waals surface area contributed by atoms with E-state index in [9.17, 15) is 14.4 Å². The SMILES string of the molecule is CCC(=O)O[C@@H](C)C(=O)NC(=O)NC1CCCCC1. The highest BCUT2D eigenvalue weighted by atomic mass is 16.5. The molecule has 2 N–H and O–H groups in total. The minimum absolute atomic E-state index is 0.134. The summed E-state index contributed by atoms with van der Waals surface area (Å²) in [5.74, 6) is -1.06. The van der Waals surface area contributed by atoms with E-state index < -0.39 is 24.0 Å². The molecule has 0 radical (unpaired) electrons. The summed E-state index contributed by atoms with van der Waals surface area (Å²) in [7, 11) is 0. The summed E-state index contributed by atoms with van der Waals surface area (Å²) in [6.07, 6.45) is 4.54. The first-order valence-corrected chi connectivity index (χ1v) is 6.83. The van der Waals surface area contributed by atoms with Crippen LogP contribution in [0.2, 0.25) is 0 Å². The molecule has 1 rings (SSSR count). The van der Waals surface area contributed by atoms with Crippen LogP contribution in [-0.2, 0) is 14.3 Å². The van der Waals surface area contributed by atoms with Gasteiger partial charge >= 0.3 is 12.0 Å². The number of carbonyl (C=O) groups excluding carboxylic acids is 3. The minimum atomic E-state index is -0.954. The van der Waals surface area contributed by atoms with Crippen molar-refractivity contribution in [3.8, 4) is 0 Å². The molecule has 0 aromatic heterocycles. The van der Waals surface area contributed by atoms with Crippen LogP contribution in [0, 0.1) is 0 Å². The van der Waals surface area contributed by atoms with Crippen LogP contribution in [0.5, 0.6) is 0 Å². The van der Waals surface area contributed by atoms with Crippen molar-refractivity contribution in [2.45, 2.75) is 64.5 Å². The molecule has 6 heteroatoms. The Labute approximate surface area is 113 Å². The number of rotatable bonds is 4. The fourth-order valence-corrected chi connectivity index (χ4v) is 2.02. The monoisotopic (exact) mass is 270 g/mol. The van der Waals surface area contributed by atoms with E-state index in [0.29, 0.717) is 0 Å². The standard InChI is InChI=1S/C13H22N2O4/c1-3-11(16)19-9(2)12(17)15-13(18)14-10-7-5-4-6-8-10/h9-10H,3-8H2,1-2H3,(H2,14,15,17,18)/t9-/m0/s1. The first-order chi connectivity index (χ1) is 9.02. The summed E-state index contributed by atoms with van der Waals surface area (Å²) in [6, 6.07) is -0.383. The largest absolute Gasteiger partial charge is 0.453 e. The maximum atomic E-state index is 11.6. The lowest BCUT2D eigenvalue weighted by Crippen LogP contribution is -2.48. The lowest BCUT2D eigenvalue weighted by molar-refractivity contribution is -0.154. The van der Waals surface area contributed by atoms with Gasteiger partial charge in [0.15, 0.2) is 6.10 Å². The lowest BCUT2D eigenvalue weighted by Gasteiger charge is -2.23. The molecular formula is C13H22N2O4. The molecule has 0 unspecified atom stereocenters. The van der Waals surface area contributed by atoms with Crippen LogP contribution < -0.4 is 10.6 Å². The number of hydrogen-bond acceptors (Lipinski definition) is 4. The molecule has 108 valence electrons. The number of amides is 3. The molecule has 0 spiro atoms. The number of hydrogen-bond donors (Lipinski definition) is 2. The van der Waals surface area contributed by atoms with Gasteiger partial charge in [-0.1, -0.05) is 26.2 Å². The molecule has 1 aliphatic rings. The molecule has 1 fully saturated rings.